The van der Waals surface area contributed by atoms with Crippen LogP contribution in [-0.2, 0) is 4.79 Å². The third-order valence-electron chi connectivity index (χ3n) is 3.42. The maximum absolute atomic E-state index is 12.1. The monoisotopic (exact) mass is 348 g/mol. The van der Waals surface area contributed by atoms with E-state index in [1.165, 1.54) is 0 Å². The normalized spacial score (nSPS) is 16.1. The maximum atomic E-state index is 12.1. The summed E-state index contributed by atoms with van der Waals surface area (Å²) < 4.78 is 0. The lowest BCUT2D eigenvalue weighted by Gasteiger charge is -2.32. The molecule has 1 N–H and O–H groups in total. The Bertz CT molecular complexity index is 529. The summed E-state index contributed by atoms with van der Waals surface area (Å²) in [7, 11) is 0. The highest BCUT2D eigenvalue weighted by atomic mass is 35.5. The zero-order valence-corrected chi connectivity index (χ0v) is 13.5. The van der Waals surface area contributed by atoms with E-state index in [2.05, 4.69) is 5.32 Å². The van der Waals surface area contributed by atoms with Crippen molar-refractivity contribution in [3.05, 3.63) is 34.9 Å². The van der Waals surface area contributed by atoms with Gasteiger partial charge in [-0.1, -0.05) is 40.9 Å². The second-order valence-electron chi connectivity index (χ2n) is 4.88. The Morgan fingerprint density at radius 2 is 1.90 bits per heavy atom. The van der Waals surface area contributed by atoms with Crippen LogP contribution in [0.2, 0.25) is 5.02 Å². The van der Waals surface area contributed by atoms with Crippen molar-refractivity contribution in [2.45, 2.75) is 23.7 Å². The third kappa shape index (κ3) is 4.50. The summed E-state index contributed by atoms with van der Waals surface area (Å²) in [4.78, 5) is 24.3. The standard InChI is InChI=1S/C14H15Cl3N2O2/c15-10-3-1-2-9(8-10)13(20)18-11-4-6-19(7-5-11)14(21)12(16)17/h1-3,8,11-12H,4-7H2,(H,18,20). The molecule has 114 valence electrons. The highest BCUT2D eigenvalue weighted by Gasteiger charge is 2.26. The molecule has 1 fully saturated rings. The van der Waals surface area contributed by atoms with Gasteiger partial charge < -0.3 is 10.2 Å². The van der Waals surface area contributed by atoms with Crippen molar-refractivity contribution in [1.29, 1.82) is 0 Å². The van der Waals surface area contributed by atoms with E-state index in [9.17, 15) is 9.59 Å². The van der Waals surface area contributed by atoms with E-state index < -0.39 is 4.84 Å². The minimum absolute atomic E-state index is 0.0321. The molecule has 0 unspecified atom stereocenters. The molecule has 0 radical (unpaired) electrons. The molecule has 1 aromatic carbocycles. The predicted octanol–water partition coefficient (Wildman–Crippen LogP) is 2.86. The molecule has 0 bridgehead atoms. The summed E-state index contributed by atoms with van der Waals surface area (Å²) in [5.41, 5.74) is 0.530. The van der Waals surface area contributed by atoms with Crippen LogP contribution < -0.4 is 5.32 Å². The smallest absolute Gasteiger partial charge is 0.255 e. The maximum Gasteiger partial charge on any atom is 0.255 e. The molecule has 0 spiro atoms. The third-order valence-corrected chi connectivity index (χ3v) is 4.02. The van der Waals surface area contributed by atoms with Crippen LogP contribution in [0.15, 0.2) is 24.3 Å². The number of rotatable bonds is 3. The number of hydrogen-bond donors (Lipinski definition) is 1. The number of likely N-dealkylation sites (tertiary alicyclic amines) is 1. The van der Waals surface area contributed by atoms with Crippen molar-refractivity contribution in [1.82, 2.24) is 10.2 Å². The fraction of sp³-hybridized carbons (Fsp3) is 0.429. The molecule has 4 nitrogen and oxygen atoms in total. The number of hydrogen-bond acceptors (Lipinski definition) is 2. The van der Waals surface area contributed by atoms with Gasteiger partial charge in [-0.05, 0) is 31.0 Å². The van der Waals surface area contributed by atoms with E-state index >= 15 is 0 Å². The number of amides is 2. The lowest BCUT2D eigenvalue weighted by atomic mass is 10.0. The second kappa shape index (κ2) is 7.34. The fourth-order valence-corrected chi connectivity index (χ4v) is 2.75. The average Bonchev–Trinajstić information content (AvgIpc) is 2.47. The Hall–Kier alpha value is -0.970. The van der Waals surface area contributed by atoms with Crippen LogP contribution in [0.1, 0.15) is 23.2 Å². The minimum Gasteiger partial charge on any atom is -0.349 e. The molecule has 1 aliphatic rings. The van der Waals surface area contributed by atoms with Gasteiger partial charge in [-0.3, -0.25) is 9.59 Å². The van der Waals surface area contributed by atoms with Gasteiger partial charge in [0.05, 0.1) is 0 Å². The number of nitrogens with one attached hydrogen (secondary N) is 1. The number of carbonyl (C=O) groups excluding carboxylic acids is 2. The molecule has 0 aliphatic carbocycles. The average molecular weight is 350 g/mol. The van der Waals surface area contributed by atoms with Crippen molar-refractivity contribution >= 4 is 46.6 Å². The first-order valence-electron chi connectivity index (χ1n) is 6.60. The summed E-state index contributed by atoms with van der Waals surface area (Å²) in [5.74, 6) is -0.437. The van der Waals surface area contributed by atoms with Crippen molar-refractivity contribution < 1.29 is 9.59 Å². The van der Waals surface area contributed by atoms with E-state index in [4.69, 9.17) is 34.8 Å². The van der Waals surface area contributed by atoms with E-state index in [1.807, 2.05) is 0 Å². The van der Waals surface area contributed by atoms with Gasteiger partial charge in [0.15, 0.2) is 4.84 Å². The van der Waals surface area contributed by atoms with Crippen LogP contribution in [0.3, 0.4) is 0 Å². The van der Waals surface area contributed by atoms with Gasteiger partial charge in [0, 0.05) is 29.7 Å². The molecule has 21 heavy (non-hydrogen) atoms. The van der Waals surface area contributed by atoms with Crippen molar-refractivity contribution in [3.8, 4) is 0 Å². The minimum atomic E-state index is -1.03. The SMILES string of the molecule is O=C(NC1CCN(C(=O)C(Cl)Cl)CC1)c1cccc(Cl)c1. The summed E-state index contributed by atoms with van der Waals surface area (Å²) in [6, 6.07) is 6.83. The first kappa shape index (κ1) is 16.4. The van der Waals surface area contributed by atoms with E-state index in [0.717, 1.165) is 0 Å². The molecule has 0 atom stereocenters. The van der Waals surface area contributed by atoms with Crippen LogP contribution in [-0.4, -0.2) is 40.7 Å². The number of benzene rings is 1. The zero-order valence-electron chi connectivity index (χ0n) is 11.2. The van der Waals surface area contributed by atoms with E-state index in [1.54, 1.807) is 29.2 Å². The lowest BCUT2D eigenvalue weighted by molar-refractivity contribution is -0.130. The zero-order chi connectivity index (χ0) is 15.4. The fourth-order valence-electron chi connectivity index (χ4n) is 2.28. The van der Waals surface area contributed by atoms with Crippen LogP contribution in [0.25, 0.3) is 0 Å². The van der Waals surface area contributed by atoms with E-state index in [-0.39, 0.29) is 17.9 Å². The quantitative estimate of drug-likeness (QED) is 0.853. The van der Waals surface area contributed by atoms with Gasteiger partial charge in [-0.2, -0.15) is 0 Å². The molecule has 2 amide bonds. The molecule has 1 heterocycles. The molecular formula is C14H15Cl3N2O2. The number of carbonyl (C=O) groups is 2. The largest absolute Gasteiger partial charge is 0.349 e. The van der Waals surface area contributed by atoms with Gasteiger partial charge in [0.25, 0.3) is 11.8 Å². The Morgan fingerprint density at radius 1 is 1.24 bits per heavy atom. The molecule has 1 aromatic rings. The van der Waals surface area contributed by atoms with Crippen molar-refractivity contribution in [2.75, 3.05) is 13.1 Å². The molecular weight excluding hydrogens is 335 g/mol. The number of nitrogens with zero attached hydrogens (tertiary/aromatic N) is 1. The first-order valence-corrected chi connectivity index (χ1v) is 7.86. The van der Waals surface area contributed by atoms with Gasteiger partial charge in [0.1, 0.15) is 0 Å². The highest BCUT2D eigenvalue weighted by molar-refractivity contribution is 6.53. The number of halogens is 3. The Labute approximate surface area is 138 Å². The summed E-state index contributed by atoms with van der Waals surface area (Å²) in [6.07, 6.45) is 1.36. The van der Waals surface area contributed by atoms with E-state index in [0.29, 0.717) is 36.5 Å². The van der Waals surface area contributed by atoms with Crippen LogP contribution >= 0.6 is 34.8 Å². The van der Waals surface area contributed by atoms with Gasteiger partial charge in [-0.15, -0.1) is 0 Å². The van der Waals surface area contributed by atoms with Gasteiger partial charge >= 0.3 is 0 Å². The first-order chi connectivity index (χ1) is 9.97. The Balaban J connectivity index is 1.86. The highest BCUT2D eigenvalue weighted by Crippen LogP contribution is 2.16. The number of alkyl halides is 2. The molecule has 1 aliphatic heterocycles. The lowest BCUT2D eigenvalue weighted by Crippen LogP contribution is -2.47. The Kier molecular flexibility index (Phi) is 5.73. The topological polar surface area (TPSA) is 49.4 Å². The molecule has 7 heteroatoms. The molecule has 1 saturated heterocycles. The van der Waals surface area contributed by atoms with Crippen LogP contribution in [0.5, 0.6) is 0 Å². The number of piperidine rings is 1. The summed E-state index contributed by atoms with van der Waals surface area (Å²) in [5, 5.41) is 3.48. The van der Waals surface area contributed by atoms with Crippen molar-refractivity contribution in [3.63, 3.8) is 0 Å². The molecule has 2 rings (SSSR count). The van der Waals surface area contributed by atoms with Gasteiger partial charge in [-0.25, -0.2) is 0 Å². The summed E-state index contributed by atoms with van der Waals surface area (Å²) >= 11 is 17.0. The van der Waals surface area contributed by atoms with Gasteiger partial charge in [0.2, 0.25) is 0 Å². The molecule has 0 aromatic heterocycles. The van der Waals surface area contributed by atoms with Crippen LogP contribution in [0, 0.1) is 0 Å². The predicted molar refractivity (Wildman–Crippen MR) is 84.0 cm³/mol. The second-order valence-corrected chi connectivity index (χ2v) is 6.42. The summed E-state index contributed by atoms with van der Waals surface area (Å²) in [6.45, 7) is 1.07. The van der Waals surface area contributed by atoms with Crippen LogP contribution in [0.4, 0.5) is 0 Å². The Morgan fingerprint density at radius 3 is 2.48 bits per heavy atom. The molecule has 0 saturated carbocycles. The van der Waals surface area contributed by atoms with Crippen molar-refractivity contribution in [2.24, 2.45) is 0 Å².